The lowest BCUT2D eigenvalue weighted by Gasteiger charge is -2.28. The molecule has 10 heteroatoms. The van der Waals surface area contributed by atoms with Crippen LogP contribution in [0, 0.1) is 18.6 Å². The number of rotatable bonds is 5. The molecular formula is C25H24F2N6O2. The molecule has 4 heterocycles. The van der Waals surface area contributed by atoms with Crippen molar-refractivity contribution in [3.63, 3.8) is 0 Å². The molecule has 180 valence electrons. The summed E-state index contributed by atoms with van der Waals surface area (Å²) in [4.78, 5) is 18.5. The number of hydrogen-bond acceptors (Lipinski definition) is 7. The molecule has 6 rings (SSSR count). The zero-order valence-corrected chi connectivity index (χ0v) is 19.4. The smallest absolute Gasteiger partial charge is 0.235 e. The summed E-state index contributed by atoms with van der Waals surface area (Å²) in [6, 6.07) is 3.90. The van der Waals surface area contributed by atoms with E-state index < -0.39 is 11.6 Å². The molecule has 8 nitrogen and oxygen atoms in total. The summed E-state index contributed by atoms with van der Waals surface area (Å²) < 4.78 is 41.9. The number of aromatic nitrogens is 6. The Labute approximate surface area is 200 Å². The van der Waals surface area contributed by atoms with Crippen molar-refractivity contribution in [1.29, 1.82) is 0 Å². The predicted molar refractivity (Wildman–Crippen MR) is 123 cm³/mol. The van der Waals surface area contributed by atoms with Crippen molar-refractivity contribution in [2.75, 3.05) is 13.7 Å². The van der Waals surface area contributed by atoms with E-state index in [1.807, 2.05) is 10.9 Å². The van der Waals surface area contributed by atoms with Gasteiger partial charge in [0.05, 0.1) is 25.5 Å². The van der Waals surface area contributed by atoms with Crippen LogP contribution >= 0.6 is 0 Å². The first-order valence-corrected chi connectivity index (χ1v) is 11.7. The zero-order valence-electron chi connectivity index (χ0n) is 19.4. The number of benzene rings is 1. The summed E-state index contributed by atoms with van der Waals surface area (Å²) in [7, 11) is 1.49. The Balaban J connectivity index is 1.42. The number of nitrogens with zero attached hydrogens (tertiary/aromatic N) is 6. The van der Waals surface area contributed by atoms with Crippen LogP contribution in [0.1, 0.15) is 60.8 Å². The Kier molecular flexibility index (Phi) is 5.40. The van der Waals surface area contributed by atoms with Gasteiger partial charge in [-0.15, -0.1) is 0 Å². The SMILES string of the molecule is COc1nc2c(-c3ccc(F)cc3F)nc([C@H]3CCO[C@H](c4cnn(C5CC5)c4)C3)nc2nc1C. The molecule has 1 aliphatic heterocycles. The summed E-state index contributed by atoms with van der Waals surface area (Å²) in [6.07, 6.45) is 7.50. The minimum Gasteiger partial charge on any atom is -0.480 e. The first kappa shape index (κ1) is 22.0. The summed E-state index contributed by atoms with van der Waals surface area (Å²) in [5.41, 5.74) is 2.64. The van der Waals surface area contributed by atoms with Crippen LogP contribution in [0.15, 0.2) is 30.6 Å². The van der Waals surface area contributed by atoms with Crippen molar-refractivity contribution in [3.05, 3.63) is 59.3 Å². The van der Waals surface area contributed by atoms with E-state index in [0.29, 0.717) is 54.1 Å². The van der Waals surface area contributed by atoms with Crippen molar-refractivity contribution >= 4 is 11.2 Å². The van der Waals surface area contributed by atoms with E-state index in [2.05, 4.69) is 21.3 Å². The first-order valence-electron chi connectivity index (χ1n) is 11.7. The second-order valence-electron chi connectivity index (χ2n) is 9.11. The van der Waals surface area contributed by atoms with Crippen LogP contribution in [0.2, 0.25) is 0 Å². The highest BCUT2D eigenvalue weighted by Crippen LogP contribution is 2.40. The van der Waals surface area contributed by atoms with Gasteiger partial charge in [-0.1, -0.05) is 0 Å². The van der Waals surface area contributed by atoms with Crippen LogP contribution in [0.25, 0.3) is 22.4 Å². The van der Waals surface area contributed by atoms with Gasteiger partial charge in [-0.05, 0) is 44.7 Å². The molecule has 2 aliphatic rings. The molecule has 1 aromatic carbocycles. The zero-order chi connectivity index (χ0) is 24.1. The lowest BCUT2D eigenvalue weighted by atomic mass is 9.92. The van der Waals surface area contributed by atoms with E-state index in [0.717, 1.165) is 24.5 Å². The molecule has 1 saturated carbocycles. The second-order valence-corrected chi connectivity index (χ2v) is 9.11. The van der Waals surface area contributed by atoms with Crippen LogP contribution in [0.4, 0.5) is 8.78 Å². The number of ether oxygens (including phenoxy) is 2. The van der Waals surface area contributed by atoms with E-state index in [9.17, 15) is 8.78 Å². The van der Waals surface area contributed by atoms with Gasteiger partial charge >= 0.3 is 0 Å². The van der Waals surface area contributed by atoms with Crippen LogP contribution in [-0.2, 0) is 4.74 Å². The van der Waals surface area contributed by atoms with E-state index in [1.54, 1.807) is 6.92 Å². The molecule has 0 amide bonds. The first-order chi connectivity index (χ1) is 17.0. The van der Waals surface area contributed by atoms with Gasteiger partial charge in [0.1, 0.15) is 34.4 Å². The number of hydrogen-bond donors (Lipinski definition) is 0. The highest BCUT2D eigenvalue weighted by atomic mass is 19.1. The highest BCUT2D eigenvalue weighted by molar-refractivity contribution is 5.87. The van der Waals surface area contributed by atoms with Crippen molar-refractivity contribution in [2.45, 2.75) is 50.7 Å². The largest absolute Gasteiger partial charge is 0.480 e. The molecule has 3 aromatic heterocycles. The van der Waals surface area contributed by atoms with Gasteiger partial charge < -0.3 is 9.47 Å². The van der Waals surface area contributed by atoms with Crippen LogP contribution in [0.5, 0.6) is 5.88 Å². The van der Waals surface area contributed by atoms with Gasteiger partial charge in [-0.2, -0.15) is 5.10 Å². The molecular weight excluding hydrogens is 454 g/mol. The maximum Gasteiger partial charge on any atom is 0.235 e. The summed E-state index contributed by atoms with van der Waals surface area (Å²) in [6.45, 7) is 2.31. The maximum atomic E-state index is 14.8. The minimum absolute atomic E-state index is 0.0334. The second kappa shape index (κ2) is 8.60. The van der Waals surface area contributed by atoms with E-state index in [1.165, 1.54) is 19.2 Å². The average Bonchev–Trinajstić information content (AvgIpc) is 3.59. The molecule has 0 radical (unpaired) electrons. The molecule has 0 bridgehead atoms. The third-order valence-corrected chi connectivity index (χ3v) is 6.62. The molecule has 0 unspecified atom stereocenters. The molecule has 2 fully saturated rings. The molecule has 0 spiro atoms. The van der Waals surface area contributed by atoms with Gasteiger partial charge in [0.2, 0.25) is 5.88 Å². The van der Waals surface area contributed by atoms with Gasteiger partial charge in [0.15, 0.2) is 5.65 Å². The fourth-order valence-corrected chi connectivity index (χ4v) is 4.60. The highest BCUT2D eigenvalue weighted by Gasteiger charge is 2.31. The van der Waals surface area contributed by atoms with E-state index in [4.69, 9.17) is 19.4 Å². The van der Waals surface area contributed by atoms with Gasteiger partial charge in [-0.25, -0.2) is 28.7 Å². The molecule has 1 aliphatic carbocycles. The summed E-state index contributed by atoms with van der Waals surface area (Å²) in [5, 5.41) is 4.49. The minimum atomic E-state index is -0.727. The molecule has 35 heavy (non-hydrogen) atoms. The summed E-state index contributed by atoms with van der Waals surface area (Å²) in [5.74, 6) is -0.582. The molecule has 2 atom stereocenters. The van der Waals surface area contributed by atoms with Crippen LogP contribution < -0.4 is 4.74 Å². The number of aryl methyl sites for hydroxylation is 1. The average molecular weight is 479 g/mol. The predicted octanol–water partition coefficient (Wildman–Crippen LogP) is 4.85. The number of fused-ring (bicyclic) bond motifs is 1. The Hall–Kier alpha value is -3.53. The standard InChI is InChI=1S/C25H24F2N6O2/c1-13-25(34-2)31-22-21(18-6-3-16(26)10-19(18)27)30-23(32-24(22)29-13)14-7-8-35-20(9-14)15-11-28-33(12-15)17-4-5-17/h3,6,10-12,14,17,20H,4-5,7-9H2,1-2H3/t14-,20-/m0/s1. The third-order valence-electron chi connectivity index (χ3n) is 6.62. The monoisotopic (exact) mass is 478 g/mol. The van der Waals surface area contributed by atoms with Crippen LogP contribution in [0.3, 0.4) is 0 Å². The maximum absolute atomic E-state index is 14.8. The number of halogens is 2. The van der Waals surface area contributed by atoms with E-state index in [-0.39, 0.29) is 23.3 Å². The Morgan fingerprint density at radius 2 is 1.94 bits per heavy atom. The van der Waals surface area contributed by atoms with Gasteiger partial charge in [-0.3, -0.25) is 4.68 Å². The van der Waals surface area contributed by atoms with Crippen molar-refractivity contribution in [3.8, 4) is 17.1 Å². The molecule has 1 saturated heterocycles. The fourth-order valence-electron chi connectivity index (χ4n) is 4.60. The molecule has 0 N–H and O–H groups in total. The van der Waals surface area contributed by atoms with E-state index >= 15 is 0 Å². The van der Waals surface area contributed by atoms with Crippen molar-refractivity contribution in [2.24, 2.45) is 0 Å². The summed E-state index contributed by atoms with van der Waals surface area (Å²) >= 11 is 0. The van der Waals surface area contributed by atoms with Crippen molar-refractivity contribution < 1.29 is 18.3 Å². The third kappa shape index (κ3) is 4.12. The Morgan fingerprint density at radius 1 is 1.09 bits per heavy atom. The quantitative estimate of drug-likeness (QED) is 0.405. The van der Waals surface area contributed by atoms with Crippen LogP contribution in [-0.4, -0.2) is 43.4 Å². The lowest BCUT2D eigenvalue weighted by Crippen LogP contribution is -2.20. The Bertz CT molecular complexity index is 1420. The number of methoxy groups -OCH3 is 1. The van der Waals surface area contributed by atoms with Gasteiger partial charge in [0.25, 0.3) is 0 Å². The van der Waals surface area contributed by atoms with Gasteiger partial charge in [0, 0.05) is 35.9 Å². The normalized spacial score (nSPS) is 20.3. The lowest BCUT2D eigenvalue weighted by molar-refractivity contribution is 0.00396. The Morgan fingerprint density at radius 3 is 2.71 bits per heavy atom. The fraction of sp³-hybridized carbons (Fsp3) is 0.400. The van der Waals surface area contributed by atoms with Crippen molar-refractivity contribution in [1.82, 2.24) is 29.7 Å². The topological polar surface area (TPSA) is 87.8 Å². The molecule has 4 aromatic rings.